The molecule has 0 aliphatic carbocycles. The van der Waals surface area contributed by atoms with Crippen molar-refractivity contribution in [3.05, 3.63) is 71.7 Å². The molecule has 0 radical (unpaired) electrons. The molecule has 0 amide bonds. The van der Waals surface area contributed by atoms with Gasteiger partial charge in [-0.2, -0.15) is 0 Å². The van der Waals surface area contributed by atoms with Gasteiger partial charge in [0.05, 0.1) is 18.8 Å². The number of benzene rings is 2. The maximum atomic E-state index is 5.69. The fourth-order valence-electron chi connectivity index (χ4n) is 2.48. The zero-order chi connectivity index (χ0) is 18.7. The summed E-state index contributed by atoms with van der Waals surface area (Å²) in [6.07, 6.45) is 0.893. The summed E-state index contributed by atoms with van der Waals surface area (Å²) >= 11 is 1.66. The smallest absolute Gasteiger partial charge is 0.191 e. The summed E-state index contributed by atoms with van der Waals surface area (Å²) in [5.41, 5.74) is 2.16. The first-order valence-electron chi connectivity index (χ1n) is 8.97. The van der Waals surface area contributed by atoms with Crippen molar-refractivity contribution < 1.29 is 4.74 Å². The first-order valence-corrected chi connectivity index (χ1v) is 9.85. The summed E-state index contributed by atoms with van der Waals surface area (Å²) in [4.78, 5) is 8.94. The van der Waals surface area contributed by atoms with Crippen LogP contribution >= 0.6 is 11.3 Å². The number of aliphatic imine (C=N–C) groups is 1. The second-order valence-corrected chi connectivity index (χ2v) is 6.74. The highest BCUT2D eigenvalue weighted by Gasteiger charge is 2.05. The largest absolute Gasteiger partial charge is 0.494 e. The minimum Gasteiger partial charge on any atom is -0.494 e. The fraction of sp³-hybridized carbons (Fsp3) is 0.238. The molecule has 0 spiro atoms. The molecule has 0 saturated carbocycles. The first-order chi connectivity index (χ1) is 13.3. The van der Waals surface area contributed by atoms with Crippen molar-refractivity contribution in [1.82, 2.24) is 15.6 Å². The molecule has 2 aromatic carbocycles. The van der Waals surface area contributed by atoms with Gasteiger partial charge < -0.3 is 15.4 Å². The Balaban J connectivity index is 1.37. The molecule has 1 aromatic heterocycles. The van der Waals surface area contributed by atoms with Crippen LogP contribution in [0.15, 0.2) is 71.0 Å². The third-order valence-corrected chi connectivity index (χ3v) is 4.80. The second kappa shape index (κ2) is 10.3. The Morgan fingerprint density at radius 1 is 1.04 bits per heavy atom. The number of nitrogens with zero attached hydrogens (tertiary/aromatic N) is 2. The van der Waals surface area contributed by atoms with Gasteiger partial charge in [-0.25, -0.2) is 4.98 Å². The molecule has 0 unspecified atom stereocenters. The Kier molecular flexibility index (Phi) is 7.24. The van der Waals surface area contributed by atoms with E-state index in [4.69, 9.17) is 4.74 Å². The summed E-state index contributed by atoms with van der Waals surface area (Å²) < 4.78 is 5.69. The predicted molar refractivity (Wildman–Crippen MR) is 112 cm³/mol. The Hall–Kier alpha value is -2.86. The lowest BCUT2D eigenvalue weighted by Crippen LogP contribution is -2.37. The van der Waals surface area contributed by atoms with E-state index < -0.39 is 0 Å². The Labute approximate surface area is 164 Å². The zero-order valence-electron chi connectivity index (χ0n) is 15.4. The van der Waals surface area contributed by atoms with Gasteiger partial charge in [0.15, 0.2) is 5.96 Å². The molecule has 5 nitrogen and oxygen atoms in total. The Bertz CT molecular complexity index is 834. The molecule has 6 heteroatoms. The van der Waals surface area contributed by atoms with Gasteiger partial charge in [0.2, 0.25) is 0 Å². The summed E-state index contributed by atoms with van der Waals surface area (Å²) in [5.74, 6) is 1.67. The SMILES string of the molecule is CN=C(NCCCOc1ccccc1)NCc1csc(-c2ccccc2)n1. The van der Waals surface area contributed by atoms with Crippen molar-refractivity contribution in [2.75, 3.05) is 20.2 Å². The van der Waals surface area contributed by atoms with Gasteiger partial charge in [0, 0.05) is 24.5 Å². The van der Waals surface area contributed by atoms with Crippen LogP contribution in [-0.2, 0) is 6.54 Å². The monoisotopic (exact) mass is 380 g/mol. The van der Waals surface area contributed by atoms with Crippen LogP contribution in [0.5, 0.6) is 5.75 Å². The number of rotatable bonds is 8. The molecule has 0 bridgehead atoms. The molecule has 0 aliphatic heterocycles. The van der Waals surface area contributed by atoms with Crippen LogP contribution in [0.25, 0.3) is 10.6 Å². The number of thiazole rings is 1. The van der Waals surface area contributed by atoms with E-state index in [2.05, 4.69) is 38.1 Å². The molecule has 1 heterocycles. The van der Waals surface area contributed by atoms with Crippen LogP contribution in [0.4, 0.5) is 0 Å². The molecular weight excluding hydrogens is 356 g/mol. The van der Waals surface area contributed by atoms with Gasteiger partial charge in [-0.1, -0.05) is 48.5 Å². The van der Waals surface area contributed by atoms with Crippen LogP contribution in [0.2, 0.25) is 0 Å². The standard InChI is InChI=1S/C21H24N4OS/c1-22-21(23-13-8-14-26-19-11-6-3-7-12-19)24-15-18-16-27-20(25-18)17-9-4-2-5-10-17/h2-7,9-12,16H,8,13-15H2,1H3,(H2,22,23,24). The van der Waals surface area contributed by atoms with E-state index in [0.717, 1.165) is 40.9 Å². The topological polar surface area (TPSA) is 58.5 Å². The first kappa shape index (κ1) is 18.9. The minimum absolute atomic E-state index is 0.642. The number of para-hydroxylation sites is 1. The van der Waals surface area contributed by atoms with Gasteiger partial charge in [0.1, 0.15) is 10.8 Å². The van der Waals surface area contributed by atoms with Crippen molar-refractivity contribution in [2.45, 2.75) is 13.0 Å². The molecule has 27 heavy (non-hydrogen) atoms. The molecule has 140 valence electrons. The summed E-state index contributed by atoms with van der Waals surface area (Å²) in [6, 6.07) is 20.1. The average Bonchev–Trinajstić information content (AvgIpc) is 3.20. The molecule has 0 fully saturated rings. The van der Waals surface area contributed by atoms with E-state index in [0.29, 0.717) is 13.2 Å². The molecule has 0 saturated heterocycles. The number of hydrogen-bond donors (Lipinski definition) is 2. The molecule has 3 aromatic rings. The maximum absolute atomic E-state index is 5.69. The molecule has 3 rings (SSSR count). The third kappa shape index (κ3) is 6.11. The van der Waals surface area contributed by atoms with Gasteiger partial charge in [-0.05, 0) is 18.6 Å². The normalized spacial score (nSPS) is 11.2. The quantitative estimate of drug-likeness (QED) is 0.353. The minimum atomic E-state index is 0.642. The summed E-state index contributed by atoms with van der Waals surface area (Å²) in [6.45, 7) is 2.10. The number of nitrogens with one attached hydrogen (secondary N) is 2. The van der Waals surface area contributed by atoms with Crippen LogP contribution < -0.4 is 15.4 Å². The van der Waals surface area contributed by atoms with E-state index in [1.54, 1.807) is 18.4 Å². The summed E-state index contributed by atoms with van der Waals surface area (Å²) in [5, 5.41) is 9.72. The summed E-state index contributed by atoms with van der Waals surface area (Å²) in [7, 11) is 1.77. The highest BCUT2D eigenvalue weighted by molar-refractivity contribution is 7.13. The Morgan fingerprint density at radius 3 is 2.52 bits per heavy atom. The van der Waals surface area contributed by atoms with Crippen molar-refractivity contribution in [2.24, 2.45) is 4.99 Å². The van der Waals surface area contributed by atoms with Gasteiger partial charge in [-0.15, -0.1) is 11.3 Å². The van der Waals surface area contributed by atoms with Gasteiger partial charge in [-0.3, -0.25) is 4.99 Å². The van der Waals surface area contributed by atoms with Crippen molar-refractivity contribution in [3.8, 4) is 16.3 Å². The molecule has 2 N–H and O–H groups in total. The molecular formula is C21H24N4OS. The maximum Gasteiger partial charge on any atom is 0.191 e. The molecule has 0 atom stereocenters. The number of guanidine groups is 1. The van der Waals surface area contributed by atoms with Crippen molar-refractivity contribution in [1.29, 1.82) is 0 Å². The second-order valence-electron chi connectivity index (χ2n) is 5.88. The number of ether oxygens (including phenoxy) is 1. The van der Waals surface area contributed by atoms with E-state index in [-0.39, 0.29) is 0 Å². The average molecular weight is 381 g/mol. The predicted octanol–water partition coefficient (Wildman–Crippen LogP) is 3.94. The van der Waals surface area contributed by atoms with Crippen LogP contribution in [0.3, 0.4) is 0 Å². The highest BCUT2D eigenvalue weighted by Crippen LogP contribution is 2.23. The van der Waals surface area contributed by atoms with E-state index >= 15 is 0 Å². The fourth-order valence-corrected chi connectivity index (χ4v) is 3.31. The lowest BCUT2D eigenvalue weighted by molar-refractivity contribution is 0.311. The zero-order valence-corrected chi connectivity index (χ0v) is 16.2. The van der Waals surface area contributed by atoms with E-state index in [9.17, 15) is 0 Å². The highest BCUT2D eigenvalue weighted by atomic mass is 32.1. The number of aromatic nitrogens is 1. The molecule has 0 aliphatic rings. The van der Waals surface area contributed by atoms with Gasteiger partial charge in [0.25, 0.3) is 0 Å². The van der Waals surface area contributed by atoms with Crippen molar-refractivity contribution in [3.63, 3.8) is 0 Å². The van der Waals surface area contributed by atoms with Crippen molar-refractivity contribution >= 4 is 17.3 Å². The van der Waals surface area contributed by atoms with Crippen LogP contribution in [0, 0.1) is 0 Å². The lowest BCUT2D eigenvalue weighted by atomic mass is 10.2. The van der Waals surface area contributed by atoms with Crippen LogP contribution in [-0.4, -0.2) is 31.1 Å². The third-order valence-electron chi connectivity index (χ3n) is 3.86. The van der Waals surface area contributed by atoms with Crippen LogP contribution in [0.1, 0.15) is 12.1 Å². The van der Waals surface area contributed by atoms with E-state index in [1.807, 2.05) is 48.5 Å². The van der Waals surface area contributed by atoms with Gasteiger partial charge >= 0.3 is 0 Å². The Morgan fingerprint density at radius 2 is 1.78 bits per heavy atom. The van der Waals surface area contributed by atoms with E-state index in [1.165, 1.54) is 0 Å². The number of hydrogen-bond acceptors (Lipinski definition) is 4. The lowest BCUT2D eigenvalue weighted by Gasteiger charge is -2.11.